The Morgan fingerprint density at radius 2 is 2.11 bits per heavy atom. The van der Waals surface area contributed by atoms with Crippen molar-refractivity contribution >= 4 is 21.6 Å². The van der Waals surface area contributed by atoms with Gasteiger partial charge in [0.05, 0.1) is 11.5 Å². The highest BCUT2D eigenvalue weighted by Crippen LogP contribution is 2.29. The van der Waals surface area contributed by atoms with Gasteiger partial charge < -0.3 is 5.32 Å². The Hall–Kier alpha value is 0.260. The summed E-state index contributed by atoms with van der Waals surface area (Å²) in [6.45, 7) is 7.42. The third-order valence-electron chi connectivity index (χ3n) is 3.56. The third kappa shape index (κ3) is 5.93. The normalized spacial score (nSPS) is 24.6. The first-order valence-corrected chi connectivity index (χ1v) is 9.93. The zero-order valence-electron chi connectivity index (χ0n) is 11.8. The quantitative estimate of drug-likeness (QED) is 0.697. The molecule has 1 aliphatic heterocycles. The van der Waals surface area contributed by atoms with Crippen molar-refractivity contribution in [1.29, 1.82) is 0 Å². The highest BCUT2D eigenvalue weighted by Gasteiger charge is 2.33. The molecule has 0 amide bonds. The molecule has 1 aliphatic rings. The monoisotopic (exact) mass is 293 g/mol. The van der Waals surface area contributed by atoms with Gasteiger partial charge in [0, 0.05) is 6.04 Å². The average Bonchev–Trinajstić information content (AvgIpc) is 2.63. The van der Waals surface area contributed by atoms with E-state index in [0.29, 0.717) is 29.4 Å². The van der Waals surface area contributed by atoms with E-state index in [1.165, 1.54) is 0 Å². The SMILES string of the molecule is CCSCCC(CNC(C)C)C1CCS(=O)(=O)C1. The van der Waals surface area contributed by atoms with E-state index in [4.69, 9.17) is 0 Å². The summed E-state index contributed by atoms with van der Waals surface area (Å²) in [5.41, 5.74) is 0. The van der Waals surface area contributed by atoms with Crippen LogP contribution in [0.5, 0.6) is 0 Å². The molecule has 0 aliphatic carbocycles. The van der Waals surface area contributed by atoms with Gasteiger partial charge in [-0.25, -0.2) is 8.42 Å². The lowest BCUT2D eigenvalue weighted by molar-refractivity contribution is 0.328. The third-order valence-corrected chi connectivity index (χ3v) is 6.29. The molecule has 0 aromatic rings. The van der Waals surface area contributed by atoms with Gasteiger partial charge >= 0.3 is 0 Å². The Bertz CT molecular complexity index is 328. The van der Waals surface area contributed by atoms with E-state index in [2.05, 4.69) is 26.1 Å². The molecule has 1 saturated heterocycles. The number of sulfone groups is 1. The van der Waals surface area contributed by atoms with Gasteiger partial charge in [-0.2, -0.15) is 11.8 Å². The second kappa shape index (κ2) is 7.75. The van der Waals surface area contributed by atoms with Crippen molar-refractivity contribution in [3.05, 3.63) is 0 Å². The Morgan fingerprint density at radius 3 is 2.61 bits per heavy atom. The Morgan fingerprint density at radius 1 is 1.39 bits per heavy atom. The van der Waals surface area contributed by atoms with Crippen LogP contribution in [0.1, 0.15) is 33.6 Å². The predicted molar refractivity (Wildman–Crippen MR) is 81.0 cm³/mol. The van der Waals surface area contributed by atoms with Crippen LogP contribution in [-0.2, 0) is 9.84 Å². The molecule has 1 rings (SSSR count). The minimum absolute atomic E-state index is 0.374. The summed E-state index contributed by atoms with van der Waals surface area (Å²) in [5.74, 6) is 4.00. The van der Waals surface area contributed by atoms with Gasteiger partial charge in [-0.3, -0.25) is 0 Å². The molecule has 0 spiro atoms. The first kappa shape index (κ1) is 16.3. The van der Waals surface area contributed by atoms with E-state index in [0.717, 1.165) is 30.9 Å². The summed E-state index contributed by atoms with van der Waals surface area (Å²) in [6, 6.07) is 0.476. The Kier molecular flexibility index (Phi) is 7.03. The lowest BCUT2D eigenvalue weighted by Gasteiger charge is -2.24. The standard InChI is InChI=1S/C13H27NO2S2/c1-4-17-7-5-12(9-14-11(2)3)13-6-8-18(15,16)10-13/h11-14H,4-10H2,1-3H3. The first-order valence-electron chi connectivity index (χ1n) is 6.96. The zero-order chi connectivity index (χ0) is 13.6. The minimum Gasteiger partial charge on any atom is -0.314 e. The van der Waals surface area contributed by atoms with Gasteiger partial charge in [-0.05, 0) is 42.7 Å². The summed E-state index contributed by atoms with van der Waals surface area (Å²) in [5, 5.41) is 3.47. The summed E-state index contributed by atoms with van der Waals surface area (Å²) in [7, 11) is -2.74. The number of thioether (sulfide) groups is 1. The maximum Gasteiger partial charge on any atom is 0.150 e. The Labute approximate surface area is 116 Å². The molecule has 0 saturated carbocycles. The highest BCUT2D eigenvalue weighted by atomic mass is 32.2. The van der Waals surface area contributed by atoms with Crippen LogP contribution in [0.15, 0.2) is 0 Å². The minimum atomic E-state index is -2.74. The van der Waals surface area contributed by atoms with Crippen LogP contribution in [-0.4, -0.2) is 44.0 Å². The number of hydrogen-bond donors (Lipinski definition) is 1. The summed E-state index contributed by atoms with van der Waals surface area (Å²) in [6.07, 6.45) is 2.00. The lowest BCUT2D eigenvalue weighted by atomic mass is 9.89. The molecular weight excluding hydrogens is 266 g/mol. The van der Waals surface area contributed by atoms with Crippen molar-refractivity contribution in [3.8, 4) is 0 Å². The second-order valence-electron chi connectivity index (χ2n) is 5.47. The first-order chi connectivity index (χ1) is 8.44. The summed E-state index contributed by atoms with van der Waals surface area (Å²) >= 11 is 1.95. The van der Waals surface area contributed by atoms with Crippen LogP contribution in [0.4, 0.5) is 0 Å². The molecule has 18 heavy (non-hydrogen) atoms. The second-order valence-corrected chi connectivity index (χ2v) is 9.09. The van der Waals surface area contributed by atoms with Crippen molar-refractivity contribution in [3.63, 3.8) is 0 Å². The highest BCUT2D eigenvalue weighted by molar-refractivity contribution is 7.99. The van der Waals surface area contributed by atoms with E-state index in [9.17, 15) is 8.42 Å². The van der Waals surface area contributed by atoms with Crippen LogP contribution in [0.2, 0.25) is 0 Å². The molecule has 108 valence electrons. The molecule has 1 fully saturated rings. The van der Waals surface area contributed by atoms with E-state index >= 15 is 0 Å². The summed E-state index contributed by atoms with van der Waals surface area (Å²) in [4.78, 5) is 0. The lowest BCUT2D eigenvalue weighted by Crippen LogP contribution is -2.33. The van der Waals surface area contributed by atoms with E-state index in [1.807, 2.05) is 11.8 Å². The van der Waals surface area contributed by atoms with Crippen LogP contribution >= 0.6 is 11.8 Å². The van der Waals surface area contributed by atoms with Crippen LogP contribution in [0, 0.1) is 11.8 Å². The van der Waals surface area contributed by atoms with E-state index in [1.54, 1.807) is 0 Å². The molecule has 0 aromatic heterocycles. The predicted octanol–water partition coefficient (Wildman–Crippen LogP) is 2.18. The fraction of sp³-hybridized carbons (Fsp3) is 1.00. The molecule has 0 aromatic carbocycles. The van der Waals surface area contributed by atoms with Crippen LogP contribution in [0.25, 0.3) is 0 Å². The largest absolute Gasteiger partial charge is 0.314 e. The fourth-order valence-electron chi connectivity index (χ4n) is 2.47. The van der Waals surface area contributed by atoms with Gasteiger partial charge in [0.15, 0.2) is 9.84 Å². The molecule has 5 heteroatoms. The van der Waals surface area contributed by atoms with Gasteiger partial charge in [-0.15, -0.1) is 0 Å². The van der Waals surface area contributed by atoms with Gasteiger partial charge in [-0.1, -0.05) is 20.8 Å². The molecule has 0 radical (unpaired) electrons. The van der Waals surface area contributed by atoms with Crippen LogP contribution in [0.3, 0.4) is 0 Å². The van der Waals surface area contributed by atoms with Crippen molar-refractivity contribution < 1.29 is 8.42 Å². The van der Waals surface area contributed by atoms with Gasteiger partial charge in [0.25, 0.3) is 0 Å². The smallest absolute Gasteiger partial charge is 0.150 e. The molecule has 1 heterocycles. The molecule has 2 atom stereocenters. The van der Waals surface area contributed by atoms with Gasteiger partial charge in [0.1, 0.15) is 0 Å². The van der Waals surface area contributed by atoms with Crippen LogP contribution < -0.4 is 5.32 Å². The molecular formula is C13H27NO2S2. The van der Waals surface area contributed by atoms with E-state index < -0.39 is 9.84 Å². The number of hydrogen-bond acceptors (Lipinski definition) is 4. The zero-order valence-corrected chi connectivity index (χ0v) is 13.4. The molecule has 0 bridgehead atoms. The maximum atomic E-state index is 11.6. The molecule has 3 nitrogen and oxygen atoms in total. The van der Waals surface area contributed by atoms with E-state index in [-0.39, 0.29) is 0 Å². The topological polar surface area (TPSA) is 46.2 Å². The average molecular weight is 293 g/mol. The number of rotatable bonds is 8. The molecule has 1 N–H and O–H groups in total. The van der Waals surface area contributed by atoms with Gasteiger partial charge in [0.2, 0.25) is 0 Å². The van der Waals surface area contributed by atoms with Crippen molar-refractivity contribution in [2.24, 2.45) is 11.8 Å². The maximum absolute atomic E-state index is 11.6. The summed E-state index contributed by atoms with van der Waals surface area (Å²) < 4.78 is 23.2. The fourth-order valence-corrected chi connectivity index (χ4v) is 5.14. The molecule has 2 unspecified atom stereocenters. The Balaban J connectivity index is 2.48. The van der Waals surface area contributed by atoms with Crippen molar-refractivity contribution in [1.82, 2.24) is 5.32 Å². The van der Waals surface area contributed by atoms with Crippen molar-refractivity contribution in [2.75, 3.05) is 29.6 Å². The van der Waals surface area contributed by atoms with Crippen molar-refractivity contribution in [2.45, 2.75) is 39.7 Å². The number of nitrogens with one attached hydrogen (secondary N) is 1.